The Balaban J connectivity index is 1.17. The molecule has 11 heteroatoms. The number of hydrogen-bond acceptors (Lipinski definition) is 5. The van der Waals surface area contributed by atoms with Crippen LogP contribution < -0.4 is 5.32 Å². The highest BCUT2D eigenvalue weighted by molar-refractivity contribution is 7.89. The maximum absolute atomic E-state index is 13.4. The Morgan fingerprint density at radius 1 is 1.21 bits per heavy atom. The van der Waals surface area contributed by atoms with Crippen LogP contribution in [-0.2, 0) is 10.0 Å². The average Bonchev–Trinajstić information content (AvgIpc) is 3.19. The first kappa shape index (κ1) is 22.1. The van der Waals surface area contributed by atoms with Crippen molar-refractivity contribution in [1.82, 2.24) is 14.2 Å². The molecule has 33 heavy (non-hydrogen) atoms. The quantitative estimate of drug-likeness (QED) is 0.593. The number of halogens is 2. The van der Waals surface area contributed by atoms with Gasteiger partial charge in [0.25, 0.3) is 0 Å². The minimum Gasteiger partial charge on any atom is -0.462 e. The first-order valence-electron chi connectivity index (χ1n) is 10.6. The van der Waals surface area contributed by atoms with Gasteiger partial charge in [0, 0.05) is 37.9 Å². The van der Waals surface area contributed by atoms with Crippen molar-refractivity contribution in [3.05, 3.63) is 59.2 Å². The third-order valence-corrected chi connectivity index (χ3v) is 8.89. The van der Waals surface area contributed by atoms with Crippen LogP contribution in [0.5, 0.6) is 0 Å². The second-order valence-electron chi connectivity index (χ2n) is 8.34. The van der Waals surface area contributed by atoms with Crippen molar-refractivity contribution < 1.29 is 22.0 Å². The van der Waals surface area contributed by atoms with E-state index in [1.165, 1.54) is 21.3 Å². The first-order valence-corrected chi connectivity index (χ1v) is 12.5. The van der Waals surface area contributed by atoms with Crippen molar-refractivity contribution in [3.63, 3.8) is 0 Å². The number of anilines is 1. The van der Waals surface area contributed by atoms with E-state index in [0.717, 1.165) is 22.7 Å². The minimum atomic E-state index is -3.53. The molecule has 1 N–H and O–H groups in total. The van der Waals surface area contributed by atoms with Crippen molar-refractivity contribution in [1.29, 1.82) is 0 Å². The van der Waals surface area contributed by atoms with Crippen LogP contribution in [0.2, 0.25) is 5.02 Å². The number of aromatic nitrogens is 1. The summed E-state index contributed by atoms with van der Waals surface area (Å²) in [5, 5.41) is 2.09. The molecule has 2 amide bonds. The number of fused-ring (bicyclic) bond motifs is 1. The molecule has 0 radical (unpaired) electrons. The van der Waals surface area contributed by atoms with E-state index in [-0.39, 0.29) is 29.7 Å². The van der Waals surface area contributed by atoms with Gasteiger partial charge in [-0.2, -0.15) is 0 Å². The first-order chi connectivity index (χ1) is 15.8. The average molecular weight is 493 g/mol. The number of urea groups is 1. The number of amides is 2. The molecule has 2 fully saturated rings. The number of sulfonamides is 1. The highest BCUT2D eigenvalue weighted by Gasteiger charge is 2.44. The Hall–Kier alpha value is -2.69. The molecule has 2 aliphatic heterocycles. The normalized spacial score (nSPS) is 18.4. The van der Waals surface area contributed by atoms with Crippen molar-refractivity contribution in [2.75, 3.05) is 31.5 Å². The maximum atomic E-state index is 13.4. The van der Waals surface area contributed by atoms with Crippen LogP contribution in [0.4, 0.5) is 14.9 Å². The van der Waals surface area contributed by atoms with Crippen LogP contribution in [0.1, 0.15) is 24.3 Å². The number of likely N-dealkylation sites (tertiary alicyclic amines) is 1. The number of hydrogen-bond donors (Lipinski definition) is 1. The number of pyridine rings is 1. The van der Waals surface area contributed by atoms with Gasteiger partial charge in [0.05, 0.1) is 17.0 Å². The van der Waals surface area contributed by atoms with Gasteiger partial charge in [0.2, 0.25) is 10.0 Å². The molecule has 0 atom stereocenters. The summed E-state index contributed by atoms with van der Waals surface area (Å²) in [6.45, 7) is 0.983. The number of nitrogens with one attached hydrogen (secondary N) is 1. The van der Waals surface area contributed by atoms with E-state index >= 15 is 0 Å². The Labute approximate surface area is 195 Å². The van der Waals surface area contributed by atoms with Crippen LogP contribution in [0.25, 0.3) is 11.1 Å². The molecule has 0 unspecified atom stereocenters. The summed E-state index contributed by atoms with van der Waals surface area (Å²) in [6, 6.07) is 6.84. The summed E-state index contributed by atoms with van der Waals surface area (Å²) in [7, 11) is -3.53. The molecule has 5 rings (SSSR count). The van der Waals surface area contributed by atoms with Crippen molar-refractivity contribution >= 4 is 44.4 Å². The van der Waals surface area contributed by atoms with Gasteiger partial charge in [-0.1, -0.05) is 11.6 Å². The molecule has 2 aromatic heterocycles. The van der Waals surface area contributed by atoms with Crippen molar-refractivity contribution in [3.8, 4) is 0 Å². The lowest BCUT2D eigenvalue weighted by Crippen LogP contribution is -2.61. The Kier molecular flexibility index (Phi) is 5.75. The number of rotatable bonds is 4. The van der Waals surface area contributed by atoms with E-state index in [1.807, 2.05) is 12.1 Å². The van der Waals surface area contributed by atoms with E-state index in [2.05, 4.69) is 10.3 Å². The number of carbonyl (C=O) groups excluding carboxylic acids is 1. The maximum Gasteiger partial charge on any atom is 0.321 e. The SMILES string of the molecule is O=C(Nc1cc(F)ccc1Cl)N1CC(S(=O)(=O)N2CCC(c3coc4cccnc34)CC2)C1. The third-order valence-electron chi connectivity index (χ3n) is 6.34. The number of piperidine rings is 1. The summed E-state index contributed by atoms with van der Waals surface area (Å²) in [5.41, 5.74) is 2.73. The fraction of sp³-hybridized carbons (Fsp3) is 0.364. The molecule has 2 saturated heterocycles. The molecule has 0 spiro atoms. The summed E-state index contributed by atoms with van der Waals surface area (Å²) in [4.78, 5) is 18.2. The van der Waals surface area contributed by atoms with E-state index in [9.17, 15) is 17.6 Å². The fourth-order valence-electron chi connectivity index (χ4n) is 4.39. The molecular formula is C22H22ClFN4O4S. The van der Waals surface area contributed by atoms with Gasteiger partial charge in [-0.15, -0.1) is 0 Å². The van der Waals surface area contributed by atoms with E-state index < -0.39 is 27.1 Å². The smallest absolute Gasteiger partial charge is 0.321 e. The van der Waals surface area contributed by atoms with E-state index in [1.54, 1.807) is 12.5 Å². The predicted molar refractivity (Wildman–Crippen MR) is 122 cm³/mol. The van der Waals surface area contributed by atoms with Gasteiger partial charge in [0.1, 0.15) is 16.6 Å². The van der Waals surface area contributed by atoms with Crippen LogP contribution in [0.3, 0.4) is 0 Å². The summed E-state index contributed by atoms with van der Waals surface area (Å²) in [5.74, 6) is -0.339. The number of furan rings is 1. The van der Waals surface area contributed by atoms with Gasteiger partial charge in [-0.25, -0.2) is 21.9 Å². The molecule has 1 aromatic carbocycles. The Bertz CT molecular complexity index is 1300. The molecule has 0 aliphatic carbocycles. The molecule has 3 aromatic rings. The zero-order chi connectivity index (χ0) is 23.2. The third kappa shape index (κ3) is 4.18. The van der Waals surface area contributed by atoms with E-state index in [0.29, 0.717) is 25.9 Å². The lowest BCUT2D eigenvalue weighted by atomic mass is 9.91. The molecule has 2 aliphatic rings. The second kappa shape index (κ2) is 8.58. The molecular weight excluding hydrogens is 471 g/mol. The fourth-order valence-corrected chi connectivity index (χ4v) is 6.43. The number of nitrogens with zero attached hydrogens (tertiary/aromatic N) is 3. The van der Waals surface area contributed by atoms with Gasteiger partial charge in [-0.05, 0) is 49.1 Å². The van der Waals surface area contributed by atoms with Crippen LogP contribution >= 0.6 is 11.6 Å². The molecule has 4 heterocycles. The lowest BCUT2D eigenvalue weighted by molar-refractivity contribution is 0.179. The standard InChI is InChI=1S/C22H22ClFN4O4S/c23-18-4-3-15(24)10-19(18)26-22(29)27-11-16(12-27)33(30,31)28-8-5-14(6-9-28)17-13-32-20-2-1-7-25-21(17)20/h1-4,7,10,13-14,16H,5-6,8-9,11-12H2,(H,26,29). The van der Waals surface area contributed by atoms with Crippen molar-refractivity contribution in [2.24, 2.45) is 0 Å². The Morgan fingerprint density at radius 3 is 2.73 bits per heavy atom. The van der Waals surface area contributed by atoms with Gasteiger partial charge >= 0.3 is 6.03 Å². The minimum absolute atomic E-state index is 0.0807. The van der Waals surface area contributed by atoms with Crippen molar-refractivity contribution in [2.45, 2.75) is 24.0 Å². The van der Waals surface area contributed by atoms with Crippen LogP contribution in [-0.4, -0.2) is 60.1 Å². The van der Waals surface area contributed by atoms with Gasteiger partial charge < -0.3 is 14.6 Å². The van der Waals surface area contributed by atoms with Gasteiger partial charge in [0.15, 0.2) is 5.58 Å². The van der Waals surface area contributed by atoms with Crippen LogP contribution in [0.15, 0.2) is 47.2 Å². The largest absolute Gasteiger partial charge is 0.462 e. The summed E-state index contributed by atoms with van der Waals surface area (Å²) >= 11 is 5.98. The number of benzene rings is 1. The predicted octanol–water partition coefficient (Wildman–Crippen LogP) is 4.05. The van der Waals surface area contributed by atoms with Gasteiger partial charge in [-0.3, -0.25) is 4.98 Å². The topological polar surface area (TPSA) is 95.8 Å². The summed E-state index contributed by atoms with van der Waals surface area (Å²) < 4.78 is 46.6. The highest BCUT2D eigenvalue weighted by Crippen LogP contribution is 2.35. The Morgan fingerprint density at radius 2 is 1.97 bits per heavy atom. The van der Waals surface area contributed by atoms with Crippen LogP contribution in [0, 0.1) is 5.82 Å². The lowest BCUT2D eigenvalue weighted by Gasteiger charge is -2.42. The zero-order valence-corrected chi connectivity index (χ0v) is 19.2. The summed E-state index contributed by atoms with van der Waals surface area (Å²) in [6.07, 6.45) is 4.81. The highest BCUT2D eigenvalue weighted by atomic mass is 35.5. The molecule has 174 valence electrons. The molecule has 0 saturated carbocycles. The second-order valence-corrected chi connectivity index (χ2v) is 11.0. The molecule has 0 bridgehead atoms. The monoisotopic (exact) mass is 492 g/mol. The van der Waals surface area contributed by atoms with E-state index in [4.69, 9.17) is 16.0 Å². The molecule has 8 nitrogen and oxygen atoms in total. The zero-order valence-electron chi connectivity index (χ0n) is 17.6. The number of carbonyl (C=O) groups is 1.